The lowest BCUT2D eigenvalue weighted by Gasteiger charge is -2.34. The molecule has 0 radical (unpaired) electrons. The maximum atomic E-state index is 15.4. The summed E-state index contributed by atoms with van der Waals surface area (Å²) in [6, 6.07) is 4.82. The summed E-state index contributed by atoms with van der Waals surface area (Å²) in [5, 5.41) is 9.17. The Morgan fingerprint density at radius 3 is 2.22 bits per heavy atom. The average molecular weight is 964 g/mol. The Hall–Kier alpha value is -5.49. The number of aromatic nitrogens is 5. The molecule has 348 valence electrons. The van der Waals surface area contributed by atoms with Crippen molar-refractivity contribution in [2.75, 3.05) is 43.8 Å². The van der Waals surface area contributed by atoms with Gasteiger partial charge in [0.1, 0.15) is 30.4 Å². The molecular formula is C40H36ClF10N9O4S. The predicted octanol–water partition coefficient (Wildman–Crippen LogP) is 7.56. The van der Waals surface area contributed by atoms with Gasteiger partial charge in [-0.15, -0.1) is 0 Å². The fraction of sp³-hybridized carbons (Fsp3) is 0.425. The predicted molar refractivity (Wildman–Crippen MR) is 213 cm³/mol. The highest BCUT2D eigenvalue weighted by Crippen LogP contribution is 2.68. The van der Waals surface area contributed by atoms with Crippen LogP contribution in [0, 0.1) is 24.5 Å². The summed E-state index contributed by atoms with van der Waals surface area (Å²) in [4.78, 5) is 35.5. The van der Waals surface area contributed by atoms with E-state index in [0.717, 1.165) is 12.1 Å². The number of rotatable bonds is 10. The van der Waals surface area contributed by atoms with Crippen molar-refractivity contribution < 1.29 is 61.9 Å². The highest BCUT2D eigenvalue weighted by atomic mass is 35.5. The van der Waals surface area contributed by atoms with Crippen molar-refractivity contribution in [3.05, 3.63) is 93.0 Å². The zero-order valence-electron chi connectivity index (χ0n) is 34.2. The van der Waals surface area contributed by atoms with Gasteiger partial charge in [-0.3, -0.25) is 19.1 Å². The standard InChI is InChI=1S/C40H36ClF10N9O4S/c1-19-4-5-23(24-6-7-27(41)31-33(24)59(18-38(44,45)46)55-36(31)60(65(3,63)64)37(62)57-10-8-56(2)9-11-57)32(52-19)28(14-20-12-21(42)15-22(43)13-20)53-29(61)17-58-35-30(34(54-58)40(49,50)51)25-16-26(25)39(35,47)48/h4-7,12-13,15,25-26,28H,8-11,14,16-18H2,1-3H3,(H,53,61)/t25-,26?,28-/m0/s1. The minimum Gasteiger partial charge on any atom is -0.346 e. The number of alkyl halides is 8. The zero-order valence-corrected chi connectivity index (χ0v) is 35.8. The molecule has 1 aliphatic heterocycles. The van der Waals surface area contributed by atoms with E-state index < -0.39 is 123 Å². The van der Waals surface area contributed by atoms with E-state index in [2.05, 4.69) is 20.5 Å². The molecule has 1 unspecified atom stereocenters. The van der Waals surface area contributed by atoms with Crippen LogP contribution >= 0.6 is 11.6 Å². The van der Waals surface area contributed by atoms with Crippen molar-refractivity contribution >= 4 is 50.3 Å². The van der Waals surface area contributed by atoms with E-state index in [1.807, 2.05) is 4.90 Å². The number of nitrogens with zero attached hydrogens (tertiary/aromatic N) is 8. The van der Waals surface area contributed by atoms with Gasteiger partial charge in [0.05, 0.1) is 33.9 Å². The highest BCUT2D eigenvalue weighted by molar-refractivity contribution is 7.92. The summed E-state index contributed by atoms with van der Waals surface area (Å²) in [5.74, 6) is -10.4. The molecule has 65 heavy (non-hydrogen) atoms. The zero-order chi connectivity index (χ0) is 47.3. The Bertz CT molecular complexity index is 2840. The van der Waals surface area contributed by atoms with Gasteiger partial charge in [0.2, 0.25) is 15.9 Å². The molecular weight excluding hydrogens is 928 g/mol. The van der Waals surface area contributed by atoms with Crippen molar-refractivity contribution in [2.24, 2.45) is 5.92 Å². The molecule has 2 aromatic carbocycles. The van der Waals surface area contributed by atoms with Crippen LogP contribution in [0.5, 0.6) is 0 Å². The number of anilines is 1. The topological polar surface area (TPSA) is 139 Å². The van der Waals surface area contributed by atoms with Crippen LogP contribution in [0.25, 0.3) is 22.0 Å². The molecule has 5 aromatic rings. The SMILES string of the molecule is Cc1ccc(-c2ccc(Cl)c3c(N(C(=O)N4CCN(C)CC4)S(C)(=O)=O)nn(CC(F)(F)F)c23)c([C@H](Cc2cc(F)cc(F)c2)NC(=O)Cn2nc(C(F)(F)F)c3c2C(F)(F)C2C[C@H]32)n1. The van der Waals surface area contributed by atoms with Crippen LogP contribution in [-0.4, -0.2) is 100 Å². The monoisotopic (exact) mass is 963 g/mol. The number of piperazine rings is 1. The quantitative estimate of drug-likeness (QED) is 0.142. The Morgan fingerprint density at radius 2 is 1.60 bits per heavy atom. The number of hydrogen-bond donors (Lipinski definition) is 1. The molecule has 13 nitrogen and oxygen atoms in total. The highest BCUT2D eigenvalue weighted by Gasteiger charge is 2.68. The number of benzene rings is 2. The van der Waals surface area contributed by atoms with E-state index in [0.29, 0.717) is 30.1 Å². The number of carbonyl (C=O) groups excluding carboxylic acids is 2. The number of carbonyl (C=O) groups is 2. The Balaban J connectivity index is 1.28. The number of pyridine rings is 1. The van der Waals surface area contributed by atoms with Crippen LogP contribution in [0.2, 0.25) is 5.02 Å². The lowest BCUT2D eigenvalue weighted by molar-refractivity contribution is -0.143. The van der Waals surface area contributed by atoms with Gasteiger partial charge < -0.3 is 15.1 Å². The number of nitrogens with one attached hydrogen (secondary N) is 1. The maximum absolute atomic E-state index is 15.4. The maximum Gasteiger partial charge on any atom is 0.435 e. The van der Waals surface area contributed by atoms with Gasteiger partial charge in [0.15, 0.2) is 11.5 Å². The molecule has 3 atom stereocenters. The first-order valence-corrected chi connectivity index (χ1v) is 22.0. The number of aryl methyl sites for hydroxylation is 1. The first kappa shape index (κ1) is 46.1. The second kappa shape index (κ2) is 16.1. The Morgan fingerprint density at radius 1 is 0.954 bits per heavy atom. The van der Waals surface area contributed by atoms with E-state index in [4.69, 9.17) is 11.6 Å². The molecule has 8 rings (SSSR count). The van der Waals surface area contributed by atoms with E-state index in [1.165, 1.54) is 36.1 Å². The van der Waals surface area contributed by atoms with Gasteiger partial charge in [0, 0.05) is 60.5 Å². The molecule has 3 aliphatic rings. The van der Waals surface area contributed by atoms with Crippen molar-refractivity contribution in [3.63, 3.8) is 0 Å². The van der Waals surface area contributed by atoms with E-state index in [1.54, 1.807) is 7.05 Å². The lowest BCUT2D eigenvalue weighted by atomic mass is 9.93. The van der Waals surface area contributed by atoms with Gasteiger partial charge in [-0.25, -0.2) is 22.0 Å². The van der Waals surface area contributed by atoms with Crippen LogP contribution in [0.4, 0.5) is 54.5 Å². The van der Waals surface area contributed by atoms with E-state index in [-0.39, 0.29) is 61.6 Å². The first-order chi connectivity index (χ1) is 30.2. The Kier molecular flexibility index (Phi) is 11.4. The third-order valence-electron chi connectivity index (χ3n) is 11.5. The van der Waals surface area contributed by atoms with Gasteiger partial charge in [-0.1, -0.05) is 23.7 Å². The van der Waals surface area contributed by atoms with Crippen molar-refractivity contribution in [1.29, 1.82) is 0 Å². The third-order valence-corrected chi connectivity index (χ3v) is 12.8. The number of sulfonamides is 1. The first-order valence-electron chi connectivity index (χ1n) is 19.7. The minimum atomic E-state index is -5.15. The molecule has 2 aliphatic carbocycles. The summed E-state index contributed by atoms with van der Waals surface area (Å²) in [5.41, 5.74) is -4.23. The fourth-order valence-electron chi connectivity index (χ4n) is 8.64. The molecule has 3 aromatic heterocycles. The molecule has 0 spiro atoms. The largest absolute Gasteiger partial charge is 0.435 e. The summed E-state index contributed by atoms with van der Waals surface area (Å²) < 4.78 is 173. The molecule has 3 amide bonds. The van der Waals surface area contributed by atoms with Crippen LogP contribution in [0.3, 0.4) is 0 Å². The van der Waals surface area contributed by atoms with Crippen molar-refractivity contribution in [1.82, 2.24) is 39.7 Å². The summed E-state index contributed by atoms with van der Waals surface area (Å²) >= 11 is 6.66. The van der Waals surface area contributed by atoms with Crippen LogP contribution in [0.1, 0.15) is 52.3 Å². The molecule has 1 saturated carbocycles. The second-order valence-corrected chi connectivity index (χ2v) is 18.6. The summed E-state index contributed by atoms with van der Waals surface area (Å²) in [7, 11) is -2.88. The van der Waals surface area contributed by atoms with E-state index in [9.17, 15) is 53.1 Å². The third kappa shape index (κ3) is 8.82. The lowest BCUT2D eigenvalue weighted by Crippen LogP contribution is -2.53. The molecule has 25 heteroatoms. The number of amides is 3. The number of likely N-dealkylation sites (N-methyl/N-ethyl adjacent to an activating group) is 1. The summed E-state index contributed by atoms with van der Waals surface area (Å²) in [6.07, 6.45) is -10.3. The number of urea groups is 1. The van der Waals surface area contributed by atoms with Crippen LogP contribution in [-0.2, 0) is 46.4 Å². The van der Waals surface area contributed by atoms with Crippen LogP contribution < -0.4 is 9.62 Å². The van der Waals surface area contributed by atoms with Gasteiger partial charge in [-0.2, -0.15) is 49.6 Å². The molecule has 0 bridgehead atoms. The minimum absolute atomic E-state index is 0.0536. The Labute approximate surface area is 368 Å². The van der Waals surface area contributed by atoms with Gasteiger partial charge in [-0.05, 0) is 62.6 Å². The van der Waals surface area contributed by atoms with Crippen LogP contribution in [0.15, 0.2) is 42.5 Å². The number of halogens is 11. The van der Waals surface area contributed by atoms with Gasteiger partial charge in [0.25, 0.3) is 5.92 Å². The van der Waals surface area contributed by atoms with Crippen molar-refractivity contribution in [2.45, 2.75) is 63.1 Å². The van der Waals surface area contributed by atoms with Crippen molar-refractivity contribution in [3.8, 4) is 11.1 Å². The second-order valence-electron chi connectivity index (χ2n) is 16.3. The fourth-order valence-corrected chi connectivity index (χ4v) is 9.72. The van der Waals surface area contributed by atoms with Gasteiger partial charge >= 0.3 is 18.4 Å². The van der Waals surface area contributed by atoms with E-state index >= 15 is 8.78 Å². The number of fused-ring (bicyclic) bond motifs is 4. The molecule has 1 saturated heterocycles. The normalized spacial score (nSPS) is 19.0. The molecule has 1 N–H and O–H groups in total. The smallest absolute Gasteiger partial charge is 0.346 e. The number of hydrogen-bond acceptors (Lipinski definition) is 8. The average Bonchev–Trinajstić information content (AvgIpc) is 3.69. The molecule has 4 heterocycles. The molecule has 2 fully saturated rings. The summed E-state index contributed by atoms with van der Waals surface area (Å²) in [6.45, 7) is -0.784.